The summed E-state index contributed by atoms with van der Waals surface area (Å²) in [6.45, 7) is 3.00. The quantitative estimate of drug-likeness (QED) is 0.555. The number of hydrogen-bond acceptors (Lipinski definition) is 4. The number of carboxylic acids is 1. The molecule has 2 rings (SSSR count). The maximum absolute atomic E-state index is 11.3. The molecule has 0 spiro atoms. The molecular formula is C9H15N3O2. The summed E-state index contributed by atoms with van der Waals surface area (Å²) in [5.74, 6) is -0.0568. The molecular weight excluding hydrogens is 182 g/mol. The predicted molar refractivity (Wildman–Crippen MR) is 52.5 cm³/mol. The lowest BCUT2D eigenvalue weighted by Crippen LogP contribution is -2.51. The third-order valence-electron chi connectivity index (χ3n) is 2.99. The van der Waals surface area contributed by atoms with Crippen LogP contribution >= 0.6 is 0 Å². The number of carboxylic acid groups (broad SMARTS) is 1. The van der Waals surface area contributed by atoms with Gasteiger partial charge in [-0.1, -0.05) is 0 Å². The summed E-state index contributed by atoms with van der Waals surface area (Å²) in [5, 5.41) is 15.6. The number of aliphatic imine (C=N–C) groups is 1. The van der Waals surface area contributed by atoms with Gasteiger partial charge >= 0.3 is 5.97 Å². The monoisotopic (exact) mass is 197 g/mol. The molecule has 1 saturated heterocycles. The smallest absolute Gasteiger partial charge is 0.317 e. The summed E-state index contributed by atoms with van der Waals surface area (Å²) < 4.78 is 0. The first-order chi connectivity index (χ1) is 6.76. The van der Waals surface area contributed by atoms with Crippen molar-refractivity contribution in [3.8, 4) is 0 Å². The number of amidine groups is 1. The van der Waals surface area contributed by atoms with Gasteiger partial charge in [-0.15, -0.1) is 0 Å². The largest absolute Gasteiger partial charge is 0.480 e. The van der Waals surface area contributed by atoms with E-state index in [0.717, 1.165) is 19.6 Å². The molecule has 0 saturated carbocycles. The van der Waals surface area contributed by atoms with Crippen molar-refractivity contribution < 1.29 is 9.90 Å². The van der Waals surface area contributed by atoms with Crippen LogP contribution in [0.2, 0.25) is 0 Å². The van der Waals surface area contributed by atoms with Crippen LogP contribution in [0.3, 0.4) is 0 Å². The number of nitrogens with zero attached hydrogens (tertiary/aromatic N) is 1. The molecule has 0 radical (unpaired) electrons. The lowest BCUT2D eigenvalue weighted by molar-refractivity contribution is -0.146. The lowest BCUT2D eigenvalue weighted by atomic mass is 9.77. The average molecular weight is 197 g/mol. The number of carbonyl (C=O) groups is 1. The highest BCUT2D eigenvalue weighted by Crippen LogP contribution is 2.31. The van der Waals surface area contributed by atoms with Gasteiger partial charge in [0.05, 0.1) is 6.54 Å². The van der Waals surface area contributed by atoms with E-state index in [1.807, 2.05) is 0 Å². The van der Waals surface area contributed by atoms with Crippen molar-refractivity contribution in [2.24, 2.45) is 10.4 Å². The van der Waals surface area contributed by atoms with Crippen LogP contribution in [0.15, 0.2) is 4.99 Å². The minimum absolute atomic E-state index is 0.633. The van der Waals surface area contributed by atoms with Crippen molar-refractivity contribution in [1.29, 1.82) is 0 Å². The number of hydrogen-bond donors (Lipinski definition) is 3. The number of rotatable bonds is 2. The number of piperidine rings is 1. The van der Waals surface area contributed by atoms with E-state index >= 15 is 0 Å². The molecule has 0 aromatic rings. The third kappa shape index (κ3) is 1.37. The molecule has 2 aliphatic heterocycles. The molecule has 2 aliphatic rings. The van der Waals surface area contributed by atoms with Gasteiger partial charge in [-0.25, -0.2) is 0 Å². The summed E-state index contributed by atoms with van der Waals surface area (Å²) in [4.78, 5) is 15.6. The Balaban J connectivity index is 2.24. The molecule has 0 aliphatic carbocycles. The summed E-state index contributed by atoms with van der Waals surface area (Å²) in [7, 11) is 0. The summed E-state index contributed by atoms with van der Waals surface area (Å²) >= 11 is 0. The summed E-state index contributed by atoms with van der Waals surface area (Å²) in [6.07, 6.45) is 1.27. The fourth-order valence-electron chi connectivity index (χ4n) is 2.12. The van der Waals surface area contributed by atoms with Crippen molar-refractivity contribution >= 4 is 11.8 Å². The second-order valence-electron chi connectivity index (χ2n) is 3.79. The third-order valence-corrected chi connectivity index (χ3v) is 2.99. The van der Waals surface area contributed by atoms with Crippen LogP contribution in [0.1, 0.15) is 12.8 Å². The second kappa shape index (κ2) is 3.57. The van der Waals surface area contributed by atoms with E-state index in [4.69, 9.17) is 0 Å². The van der Waals surface area contributed by atoms with Crippen molar-refractivity contribution in [2.45, 2.75) is 12.8 Å². The van der Waals surface area contributed by atoms with Gasteiger partial charge in [0, 0.05) is 6.54 Å². The molecule has 0 amide bonds. The zero-order valence-electron chi connectivity index (χ0n) is 8.05. The number of nitrogens with one attached hydrogen (secondary N) is 2. The van der Waals surface area contributed by atoms with Gasteiger partial charge < -0.3 is 15.7 Å². The first-order valence-electron chi connectivity index (χ1n) is 4.99. The molecule has 78 valence electrons. The fourth-order valence-corrected chi connectivity index (χ4v) is 2.12. The lowest BCUT2D eigenvalue weighted by Gasteiger charge is -2.33. The Hall–Kier alpha value is -1.10. The molecule has 0 bridgehead atoms. The summed E-state index contributed by atoms with van der Waals surface area (Å²) in [5.41, 5.74) is -0.748. The van der Waals surface area contributed by atoms with Gasteiger partial charge in [0.2, 0.25) is 0 Å². The first kappa shape index (κ1) is 9.45. The Morgan fingerprint density at radius 1 is 1.36 bits per heavy atom. The van der Waals surface area contributed by atoms with Crippen molar-refractivity contribution in [3.05, 3.63) is 0 Å². The van der Waals surface area contributed by atoms with Crippen LogP contribution < -0.4 is 10.6 Å². The molecule has 0 aromatic heterocycles. The Bertz CT molecular complexity index is 269. The van der Waals surface area contributed by atoms with E-state index in [2.05, 4.69) is 15.6 Å². The Labute approximate surface area is 82.6 Å². The molecule has 5 nitrogen and oxygen atoms in total. The Kier molecular flexibility index (Phi) is 2.41. The maximum atomic E-state index is 11.3. The van der Waals surface area contributed by atoms with Crippen molar-refractivity contribution in [3.63, 3.8) is 0 Å². The standard InChI is InChI=1S/C9H15N3O2/c13-8(14)9(1-3-10-4-2-9)7-11-5-6-12-7/h10H,1-6H2,(H,11,12)(H,13,14). The number of aliphatic carboxylic acids is 1. The van der Waals surface area contributed by atoms with Crippen LogP contribution in [0.4, 0.5) is 0 Å². The summed E-state index contributed by atoms with van der Waals surface area (Å²) in [6, 6.07) is 0. The van der Waals surface area contributed by atoms with E-state index in [-0.39, 0.29) is 0 Å². The van der Waals surface area contributed by atoms with Crippen LogP contribution in [0.5, 0.6) is 0 Å². The molecule has 5 heteroatoms. The molecule has 14 heavy (non-hydrogen) atoms. The molecule has 0 atom stereocenters. The Morgan fingerprint density at radius 2 is 2.07 bits per heavy atom. The zero-order valence-corrected chi connectivity index (χ0v) is 8.05. The predicted octanol–water partition coefficient (Wildman–Crippen LogP) is -0.557. The molecule has 0 aromatic carbocycles. The van der Waals surface area contributed by atoms with E-state index in [9.17, 15) is 9.90 Å². The molecule has 0 unspecified atom stereocenters. The second-order valence-corrected chi connectivity index (χ2v) is 3.79. The highest BCUT2D eigenvalue weighted by Gasteiger charge is 2.45. The maximum Gasteiger partial charge on any atom is 0.317 e. The molecule has 1 fully saturated rings. The van der Waals surface area contributed by atoms with E-state index in [1.54, 1.807) is 0 Å². The molecule has 2 heterocycles. The zero-order chi connectivity index (χ0) is 10.0. The van der Waals surface area contributed by atoms with Crippen LogP contribution in [0, 0.1) is 5.41 Å². The fraction of sp³-hybridized carbons (Fsp3) is 0.778. The normalized spacial score (nSPS) is 25.3. The van der Waals surface area contributed by atoms with E-state index in [0.29, 0.717) is 25.2 Å². The minimum Gasteiger partial charge on any atom is -0.480 e. The van der Waals surface area contributed by atoms with E-state index < -0.39 is 11.4 Å². The van der Waals surface area contributed by atoms with Crippen LogP contribution in [-0.2, 0) is 4.79 Å². The SMILES string of the molecule is O=C(O)C1(C2=NCCN2)CCNCC1. The minimum atomic E-state index is -0.748. The van der Waals surface area contributed by atoms with Crippen molar-refractivity contribution in [1.82, 2.24) is 10.6 Å². The van der Waals surface area contributed by atoms with Gasteiger partial charge in [0.25, 0.3) is 0 Å². The van der Waals surface area contributed by atoms with Gasteiger partial charge in [0.15, 0.2) is 0 Å². The average Bonchev–Trinajstić information content (AvgIpc) is 2.72. The van der Waals surface area contributed by atoms with Gasteiger partial charge in [-0.3, -0.25) is 9.79 Å². The van der Waals surface area contributed by atoms with Crippen LogP contribution in [0.25, 0.3) is 0 Å². The topological polar surface area (TPSA) is 73.7 Å². The van der Waals surface area contributed by atoms with Gasteiger partial charge in [-0.2, -0.15) is 0 Å². The van der Waals surface area contributed by atoms with Gasteiger partial charge in [-0.05, 0) is 25.9 Å². The van der Waals surface area contributed by atoms with Gasteiger partial charge in [0.1, 0.15) is 11.3 Å². The highest BCUT2D eigenvalue weighted by molar-refractivity contribution is 6.05. The Morgan fingerprint density at radius 3 is 2.57 bits per heavy atom. The first-order valence-corrected chi connectivity index (χ1v) is 4.99. The molecule has 3 N–H and O–H groups in total. The highest BCUT2D eigenvalue weighted by atomic mass is 16.4. The van der Waals surface area contributed by atoms with E-state index in [1.165, 1.54) is 0 Å². The van der Waals surface area contributed by atoms with Crippen molar-refractivity contribution in [2.75, 3.05) is 26.2 Å². The van der Waals surface area contributed by atoms with Crippen LogP contribution in [-0.4, -0.2) is 43.1 Å².